The van der Waals surface area contributed by atoms with Crippen LogP contribution in [0.15, 0.2) is 70.3 Å². The molecule has 1 amide bonds. The molecule has 34 heavy (non-hydrogen) atoms. The highest BCUT2D eigenvalue weighted by Crippen LogP contribution is 2.26. The van der Waals surface area contributed by atoms with Gasteiger partial charge in [0.2, 0.25) is 5.91 Å². The first-order chi connectivity index (χ1) is 16.4. The number of fused-ring (bicyclic) bond motifs is 1. The van der Waals surface area contributed by atoms with Crippen molar-refractivity contribution in [3.05, 3.63) is 77.9 Å². The van der Waals surface area contributed by atoms with E-state index in [0.717, 1.165) is 33.8 Å². The number of nitrogens with zero attached hydrogens (tertiary/aromatic N) is 3. The Morgan fingerprint density at radius 2 is 1.88 bits per heavy atom. The summed E-state index contributed by atoms with van der Waals surface area (Å²) in [5, 5.41) is 10.3. The van der Waals surface area contributed by atoms with E-state index >= 15 is 0 Å². The number of para-hydroxylation sites is 1. The Bertz CT molecular complexity index is 1300. The quantitative estimate of drug-likeness (QED) is 0.302. The van der Waals surface area contributed by atoms with Gasteiger partial charge in [-0.1, -0.05) is 42.1 Å². The Hall–Kier alpha value is -3.59. The van der Waals surface area contributed by atoms with Crippen LogP contribution in [0.25, 0.3) is 10.8 Å². The molecule has 4 aromatic rings. The Morgan fingerprint density at radius 3 is 2.68 bits per heavy atom. The molecular formula is C25H24FN3O4S. The lowest BCUT2D eigenvalue weighted by atomic mass is 10.1. The van der Waals surface area contributed by atoms with E-state index in [2.05, 4.69) is 16.3 Å². The van der Waals surface area contributed by atoms with E-state index in [-0.39, 0.29) is 28.5 Å². The summed E-state index contributed by atoms with van der Waals surface area (Å²) >= 11 is 1.15. The van der Waals surface area contributed by atoms with Crippen LogP contribution in [0.3, 0.4) is 0 Å². The fourth-order valence-corrected chi connectivity index (χ4v) is 4.03. The van der Waals surface area contributed by atoms with Crippen molar-refractivity contribution in [1.82, 2.24) is 15.1 Å². The van der Waals surface area contributed by atoms with Crippen LogP contribution in [-0.4, -0.2) is 40.9 Å². The van der Waals surface area contributed by atoms with Gasteiger partial charge >= 0.3 is 0 Å². The standard InChI is InChI=1S/C25H24FN3O4S/c1-16(32-22-7-5-4-6-21(22)26)24-27-28-25(33-24)34-15-23(30)29(2)14-17-8-9-19-13-20(31-3)11-10-18(19)12-17/h4-13,16H,14-15H2,1-3H3. The minimum absolute atomic E-state index is 0.0739. The van der Waals surface area contributed by atoms with Crippen LogP contribution < -0.4 is 9.47 Å². The molecule has 3 aromatic carbocycles. The Labute approximate surface area is 200 Å². The molecule has 7 nitrogen and oxygen atoms in total. The number of amides is 1. The lowest BCUT2D eigenvalue weighted by Gasteiger charge is -2.17. The zero-order valence-corrected chi connectivity index (χ0v) is 19.8. The van der Waals surface area contributed by atoms with Crippen molar-refractivity contribution in [2.45, 2.75) is 24.8 Å². The number of benzene rings is 3. The van der Waals surface area contributed by atoms with Crippen LogP contribution in [-0.2, 0) is 11.3 Å². The van der Waals surface area contributed by atoms with E-state index in [4.69, 9.17) is 13.9 Å². The normalized spacial score (nSPS) is 11.9. The first kappa shape index (κ1) is 23.6. The molecule has 176 valence electrons. The van der Waals surface area contributed by atoms with Gasteiger partial charge in [0.1, 0.15) is 5.75 Å². The van der Waals surface area contributed by atoms with Gasteiger partial charge in [-0.05, 0) is 53.6 Å². The lowest BCUT2D eigenvalue weighted by Crippen LogP contribution is -2.27. The van der Waals surface area contributed by atoms with E-state index in [1.807, 2.05) is 30.3 Å². The minimum Gasteiger partial charge on any atom is -0.497 e. The van der Waals surface area contributed by atoms with Crippen LogP contribution >= 0.6 is 11.8 Å². The van der Waals surface area contributed by atoms with Gasteiger partial charge in [-0.25, -0.2) is 4.39 Å². The van der Waals surface area contributed by atoms with Crippen molar-refractivity contribution in [2.24, 2.45) is 0 Å². The summed E-state index contributed by atoms with van der Waals surface area (Å²) in [7, 11) is 3.40. The highest BCUT2D eigenvalue weighted by Gasteiger charge is 2.19. The fraction of sp³-hybridized carbons (Fsp3) is 0.240. The first-order valence-corrected chi connectivity index (χ1v) is 11.6. The van der Waals surface area contributed by atoms with Crippen LogP contribution in [0.1, 0.15) is 24.5 Å². The first-order valence-electron chi connectivity index (χ1n) is 10.6. The van der Waals surface area contributed by atoms with E-state index in [9.17, 15) is 9.18 Å². The molecule has 4 rings (SSSR count). The zero-order valence-electron chi connectivity index (χ0n) is 19.0. The summed E-state index contributed by atoms with van der Waals surface area (Å²) in [4.78, 5) is 14.3. The van der Waals surface area contributed by atoms with Gasteiger partial charge in [0.25, 0.3) is 11.1 Å². The van der Waals surface area contributed by atoms with Crippen LogP contribution in [0, 0.1) is 5.82 Å². The number of carbonyl (C=O) groups excluding carboxylic acids is 1. The third kappa shape index (κ3) is 5.66. The summed E-state index contributed by atoms with van der Waals surface area (Å²) < 4.78 is 30.2. The van der Waals surface area contributed by atoms with Gasteiger partial charge in [-0.3, -0.25) is 4.79 Å². The molecule has 0 aliphatic heterocycles. The molecule has 1 atom stereocenters. The fourth-order valence-electron chi connectivity index (χ4n) is 3.32. The maximum absolute atomic E-state index is 13.8. The van der Waals surface area contributed by atoms with Crippen molar-refractivity contribution >= 4 is 28.4 Å². The maximum Gasteiger partial charge on any atom is 0.277 e. The van der Waals surface area contributed by atoms with Gasteiger partial charge in [0.05, 0.1) is 12.9 Å². The van der Waals surface area contributed by atoms with Crippen molar-refractivity contribution < 1.29 is 23.1 Å². The Morgan fingerprint density at radius 1 is 1.12 bits per heavy atom. The number of hydrogen-bond acceptors (Lipinski definition) is 7. The molecule has 0 saturated heterocycles. The zero-order chi connectivity index (χ0) is 24.1. The summed E-state index contributed by atoms with van der Waals surface area (Å²) in [5.74, 6) is 0.720. The molecule has 0 fully saturated rings. The van der Waals surface area contributed by atoms with E-state index in [1.54, 1.807) is 38.1 Å². The largest absolute Gasteiger partial charge is 0.497 e. The molecule has 0 aliphatic carbocycles. The number of carbonyl (C=O) groups is 1. The SMILES string of the molecule is COc1ccc2cc(CN(C)C(=O)CSc3nnc(C(C)Oc4ccccc4F)o3)ccc2c1. The number of rotatable bonds is 9. The molecule has 1 heterocycles. The molecule has 0 aliphatic rings. The number of methoxy groups -OCH3 is 1. The Balaban J connectivity index is 1.31. The summed E-state index contributed by atoms with van der Waals surface area (Å²) in [6, 6.07) is 18.1. The summed E-state index contributed by atoms with van der Waals surface area (Å²) in [6.07, 6.45) is -0.634. The number of halogens is 1. The van der Waals surface area contributed by atoms with E-state index in [1.165, 1.54) is 12.1 Å². The number of aromatic nitrogens is 2. The van der Waals surface area contributed by atoms with Crippen molar-refractivity contribution in [3.8, 4) is 11.5 Å². The van der Waals surface area contributed by atoms with Crippen LogP contribution in [0.5, 0.6) is 11.5 Å². The van der Waals surface area contributed by atoms with E-state index < -0.39 is 11.9 Å². The average Bonchev–Trinajstić information content (AvgIpc) is 3.33. The highest BCUT2D eigenvalue weighted by molar-refractivity contribution is 7.99. The monoisotopic (exact) mass is 481 g/mol. The molecule has 0 saturated carbocycles. The second kappa shape index (κ2) is 10.6. The molecule has 0 spiro atoms. The predicted octanol–water partition coefficient (Wildman–Crippen LogP) is 5.26. The Kier molecular flexibility index (Phi) is 7.32. The van der Waals surface area contributed by atoms with Crippen LogP contribution in [0.2, 0.25) is 0 Å². The van der Waals surface area contributed by atoms with Gasteiger partial charge in [0.15, 0.2) is 17.7 Å². The molecule has 0 radical (unpaired) electrons. The lowest BCUT2D eigenvalue weighted by molar-refractivity contribution is -0.127. The molecule has 0 N–H and O–H groups in total. The van der Waals surface area contributed by atoms with Crippen LogP contribution in [0.4, 0.5) is 4.39 Å². The number of ether oxygens (including phenoxy) is 2. The number of hydrogen-bond donors (Lipinski definition) is 0. The highest BCUT2D eigenvalue weighted by atomic mass is 32.2. The van der Waals surface area contributed by atoms with Gasteiger partial charge < -0.3 is 18.8 Å². The molecule has 1 unspecified atom stereocenters. The smallest absolute Gasteiger partial charge is 0.277 e. The van der Waals surface area contributed by atoms with E-state index in [0.29, 0.717) is 6.54 Å². The second-order valence-electron chi connectivity index (χ2n) is 7.68. The average molecular weight is 482 g/mol. The third-order valence-electron chi connectivity index (χ3n) is 5.19. The van der Waals surface area contributed by atoms with Crippen molar-refractivity contribution in [3.63, 3.8) is 0 Å². The maximum atomic E-state index is 13.8. The van der Waals surface area contributed by atoms with Gasteiger partial charge in [-0.2, -0.15) is 0 Å². The van der Waals surface area contributed by atoms with Gasteiger partial charge in [-0.15, -0.1) is 10.2 Å². The van der Waals surface area contributed by atoms with Crippen molar-refractivity contribution in [2.75, 3.05) is 19.9 Å². The summed E-state index contributed by atoms with van der Waals surface area (Å²) in [6.45, 7) is 2.16. The summed E-state index contributed by atoms with van der Waals surface area (Å²) in [5.41, 5.74) is 1.03. The van der Waals surface area contributed by atoms with Gasteiger partial charge in [0, 0.05) is 13.6 Å². The molecule has 0 bridgehead atoms. The molecular weight excluding hydrogens is 457 g/mol. The number of thioether (sulfide) groups is 1. The third-order valence-corrected chi connectivity index (χ3v) is 5.99. The second-order valence-corrected chi connectivity index (χ2v) is 8.61. The molecule has 1 aromatic heterocycles. The van der Waals surface area contributed by atoms with Crippen molar-refractivity contribution in [1.29, 1.82) is 0 Å². The topological polar surface area (TPSA) is 77.7 Å². The predicted molar refractivity (Wildman–Crippen MR) is 127 cm³/mol. The minimum atomic E-state index is -0.634. The molecule has 9 heteroatoms.